The average molecular weight is 341 g/mol. The van der Waals surface area contributed by atoms with Crippen molar-refractivity contribution in [1.82, 2.24) is 5.32 Å². The predicted octanol–water partition coefficient (Wildman–Crippen LogP) is 5.34. The SMILES string of the molecule is CCCCc1ccc(NC(=S)NCCCCc2ccccc2)cc1. The van der Waals surface area contributed by atoms with Crippen molar-refractivity contribution < 1.29 is 0 Å². The van der Waals surface area contributed by atoms with Crippen molar-refractivity contribution in [3.63, 3.8) is 0 Å². The summed E-state index contributed by atoms with van der Waals surface area (Å²) >= 11 is 5.36. The van der Waals surface area contributed by atoms with Gasteiger partial charge in [-0.3, -0.25) is 0 Å². The van der Waals surface area contributed by atoms with Crippen LogP contribution >= 0.6 is 12.2 Å². The van der Waals surface area contributed by atoms with Gasteiger partial charge in [0.25, 0.3) is 0 Å². The van der Waals surface area contributed by atoms with E-state index in [0.717, 1.165) is 31.5 Å². The Labute approximate surface area is 151 Å². The lowest BCUT2D eigenvalue weighted by Crippen LogP contribution is -2.29. The Hall–Kier alpha value is -1.87. The normalized spacial score (nSPS) is 10.4. The second-order valence-electron chi connectivity index (χ2n) is 6.12. The van der Waals surface area contributed by atoms with E-state index in [1.165, 1.54) is 30.4 Å². The number of benzene rings is 2. The summed E-state index contributed by atoms with van der Waals surface area (Å²) in [5.41, 5.74) is 3.85. The number of aryl methyl sites for hydroxylation is 2. The van der Waals surface area contributed by atoms with Gasteiger partial charge < -0.3 is 10.6 Å². The number of anilines is 1. The first-order valence-corrected chi connectivity index (χ1v) is 9.36. The molecule has 0 atom stereocenters. The van der Waals surface area contributed by atoms with Crippen LogP contribution in [0, 0.1) is 0 Å². The van der Waals surface area contributed by atoms with Crippen LogP contribution in [0.4, 0.5) is 5.69 Å². The molecule has 0 aliphatic heterocycles. The van der Waals surface area contributed by atoms with Crippen molar-refractivity contribution in [2.45, 2.75) is 45.4 Å². The highest BCUT2D eigenvalue weighted by molar-refractivity contribution is 7.80. The molecule has 0 saturated carbocycles. The van der Waals surface area contributed by atoms with Crippen LogP contribution in [-0.2, 0) is 12.8 Å². The number of rotatable bonds is 9. The van der Waals surface area contributed by atoms with Crippen LogP contribution < -0.4 is 10.6 Å². The van der Waals surface area contributed by atoms with E-state index in [2.05, 4.69) is 72.2 Å². The van der Waals surface area contributed by atoms with Gasteiger partial charge in [0.2, 0.25) is 0 Å². The second kappa shape index (κ2) is 10.8. The van der Waals surface area contributed by atoms with Gasteiger partial charge in [0, 0.05) is 12.2 Å². The summed E-state index contributed by atoms with van der Waals surface area (Å²) in [6.07, 6.45) is 7.05. The topological polar surface area (TPSA) is 24.1 Å². The predicted molar refractivity (Wildman–Crippen MR) is 109 cm³/mol. The first-order chi connectivity index (χ1) is 11.8. The van der Waals surface area contributed by atoms with Gasteiger partial charge in [-0.2, -0.15) is 0 Å². The molecule has 0 bridgehead atoms. The van der Waals surface area contributed by atoms with Gasteiger partial charge in [-0.05, 0) is 67.6 Å². The molecule has 0 aliphatic rings. The monoisotopic (exact) mass is 340 g/mol. The van der Waals surface area contributed by atoms with E-state index in [1.807, 2.05) is 0 Å². The number of nitrogens with one attached hydrogen (secondary N) is 2. The highest BCUT2D eigenvalue weighted by Crippen LogP contribution is 2.11. The van der Waals surface area contributed by atoms with Gasteiger partial charge in [0.1, 0.15) is 0 Å². The lowest BCUT2D eigenvalue weighted by molar-refractivity contribution is 0.711. The molecular formula is C21H28N2S. The average Bonchev–Trinajstić information content (AvgIpc) is 2.62. The van der Waals surface area contributed by atoms with E-state index in [-0.39, 0.29) is 0 Å². The molecule has 24 heavy (non-hydrogen) atoms. The van der Waals surface area contributed by atoms with Crippen molar-refractivity contribution in [2.75, 3.05) is 11.9 Å². The van der Waals surface area contributed by atoms with Gasteiger partial charge in [-0.15, -0.1) is 0 Å². The number of unbranched alkanes of at least 4 members (excludes halogenated alkanes) is 2. The van der Waals surface area contributed by atoms with Crippen LogP contribution in [0.1, 0.15) is 43.7 Å². The molecule has 2 aromatic carbocycles. The minimum Gasteiger partial charge on any atom is -0.362 e. The molecule has 0 fully saturated rings. The Bertz CT molecular complexity index is 593. The van der Waals surface area contributed by atoms with E-state index in [9.17, 15) is 0 Å². The molecule has 0 saturated heterocycles. The summed E-state index contributed by atoms with van der Waals surface area (Å²) in [7, 11) is 0. The Morgan fingerprint density at radius 1 is 0.833 bits per heavy atom. The number of thiocarbonyl (C=S) groups is 1. The first kappa shape index (κ1) is 18.5. The summed E-state index contributed by atoms with van der Waals surface area (Å²) in [5, 5.41) is 7.25. The van der Waals surface area contributed by atoms with Crippen LogP contribution in [0.2, 0.25) is 0 Å². The van der Waals surface area contributed by atoms with Crippen LogP contribution in [0.5, 0.6) is 0 Å². The lowest BCUT2D eigenvalue weighted by atomic mass is 10.1. The maximum absolute atomic E-state index is 5.36. The standard InChI is InChI=1S/C21H28N2S/c1-2-3-9-19-13-15-20(16-14-19)23-21(24)22-17-8-7-12-18-10-5-4-6-11-18/h4-6,10-11,13-16H,2-3,7-9,12,17H2,1H3,(H2,22,23,24). The smallest absolute Gasteiger partial charge is 0.170 e. The minimum absolute atomic E-state index is 0.705. The number of hydrogen-bond acceptors (Lipinski definition) is 1. The third-order valence-electron chi connectivity index (χ3n) is 4.05. The van der Waals surface area contributed by atoms with Crippen LogP contribution in [0.3, 0.4) is 0 Å². The van der Waals surface area contributed by atoms with E-state index in [4.69, 9.17) is 12.2 Å². The fourth-order valence-electron chi connectivity index (χ4n) is 2.61. The maximum Gasteiger partial charge on any atom is 0.170 e. The molecule has 0 aliphatic carbocycles. The van der Waals surface area contributed by atoms with Crippen molar-refractivity contribution in [2.24, 2.45) is 0 Å². The molecule has 0 aromatic heterocycles. The van der Waals surface area contributed by atoms with Crippen molar-refractivity contribution >= 4 is 23.0 Å². The zero-order valence-electron chi connectivity index (χ0n) is 14.6. The summed E-state index contributed by atoms with van der Waals surface area (Å²) in [4.78, 5) is 0. The Morgan fingerprint density at radius 3 is 2.21 bits per heavy atom. The molecule has 0 unspecified atom stereocenters. The molecule has 2 N–H and O–H groups in total. The lowest BCUT2D eigenvalue weighted by Gasteiger charge is -2.11. The van der Waals surface area contributed by atoms with Crippen LogP contribution in [0.25, 0.3) is 0 Å². The van der Waals surface area contributed by atoms with E-state index in [1.54, 1.807) is 0 Å². The molecule has 0 amide bonds. The van der Waals surface area contributed by atoms with Crippen molar-refractivity contribution in [3.8, 4) is 0 Å². The zero-order valence-corrected chi connectivity index (χ0v) is 15.4. The first-order valence-electron chi connectivity index (χ1n) is 8.95. The fourth-order valence-corrected chi connectivity index (χ4v) is 2.83. The molecule has 128 valence electrons. The quantitative estimate of drug-likeness (QED) is 0.476. The summed E-state index contributed by atoms with van der Waals surface area (Å²) in [6.45, 7) is 3.13. The van der Waals surface area contributed by atoms with Gasteiger partial charge in [-0.1, -0.05) is 55.8 Å². The Kier molecular flexibility index (Phi) is 8.33. The molecule has 0 radical (unpaired) electrons. The summed E-state index contributed by atoms with van der Waals surface area (Å²) in [6, 6.07) is 19.2. The van der Waals surface area contributed by atoms with Crippen LogP contribution in [0.15, 0.2) is 54.6 Å². The van der Waals surface area contributed by atoms with Gasteiger partial charge >= 0.3 is 0 Å². The third kappa shape index (κ3) is 7.14. The minimum atomic E-state index is 0.705. The molecule has 2 rings (SSSR count). The highest BCUT2D eigenvalue weighted by atomic mass is 32.1. The Morgan fingerprint density at radius 2 is 1.50 bits per heavy atom. The van der Waals surface area contributed by atoms with Gasteiger partial charge in [0.15, 0.2) is 5.11 Å². The van der Waals surface area contributed by atoms with Gasteiger partial charge in [-0.25, -0.2) is 0 Å². The molecule has 0 spiro atoms. The zero-order chi connectivity index (χ0) is 17.0. The number of hydrogen-bond donors (Lipinski definition) is 2. The van der Waals surface area contributed by atoms with Crippen molar-refractivity contribution in [3.05, 3.63) is 65.7 Å². The largest absolute Gasteiger partial charge is 0.362 e. The van der Waals surface area contributed by atoms with E-state index < -0.39 is 0 Å². The fraction of sp³-hybridized carbons (Fsp3) is 0.381. The molecule has 3 heteroatoms. The second-order valence-corrected chi connectivity index (χ2v) is 6.53. The summed E-state index contributed by atoms with van der Waals surface area (Å²) in [5.74, 6) is 0. The van der Waals surface area contributed by atoms with Crippen LogP contribution in [-0.4, -0.2) is 11.7 Å². The Balaban J connectivity index is 1.60. The van der Waals surface area contributed by atoms with E-state index in [0.29, 0.717) is 5.11 Å². The van der Waals surface area contributed by atoms with Crippen molar-refractivity contribution in [1.29, 1.82) is 0 Å². The molecule has 2 aromatic rings. The maximum atomic E-state index is 5.36. The highest BCUT2D eigenvalue weighted by Gasteiger charge is 1.99. The third-order valence-corrected chi connectivity index (χ3v) is 4.30. The molecular weight excluding hydrogens is 312 g/mol. The van der Waals surface area contributed by atoms with E-state index >= 15 is 0 Å². The van der Waals surface area contributed by atoms with Gasteiger partial charge in [0.05, 0.1) is 0 Å². The molecule has 2 nitrogen and oxygen atoms in total. The molecule has 0 heterocycles. The summed E-state index contributed by atoms with van der Waals surface area (Å²) < 4.78 is 0.